The Labute approximate surface area is 136 Å². The summed E-state index contributed by atoms with van der Waals surface area (Å²) in [5.41, 5.74) is -0.124. The first-order valence-electron chi connectivity index (χ1n) is 7.27. The predicted octanol–water partition coefficient (Wildman–Crippen LogP) is 2.54. The van der Waals surface area contributed by atoms with E-state index < -0.39 is 17.3 Å². The molecule has 6 heteroatoms. The summed E-state index contributed by atoms with van der Waals surface area (Å²) < 4.78 is 5.48. The first-order chi connectivity index (χ1) is 11.3. The van der Waals surface area contributed by atoms with Gasteiger partial charge in [-0.2, -0.15) is 0 Å². The van der Waals surface area contributed by atoms with Gasteiger partial charge in [-0.25, -0.2) is 0 Å². The molecule has 24 heavy (non-hydrogen) atoms. The highest BCUT2D eigenvalue weighted by molar-refractivity contribution is 5.96. The Morgan fingerprint density at radius 1 is 1.25 bits per heavy atom. The molecule has 0 spiro atoms. The number of benzene rings is 2. The zero-order valence-electron chi connectivity index (χ0n) is 12.9. The zero-order valence-corrected chi connectivity index (χ0v) is 12.9. The van der Waals surface area contributed by atoms with E-state index in [1.54, 1.807) is 6.92 Å². The minimum atomic E-state index is -0.976. The molecule has 0 saturated carbocycles. The molecule has 1 unspecified atom stereocenters. The monoisotopic (exact) mass is 328 g/mol. The molecule has 1 atom stereocenters. The standard InChI is InChI=1S/C18H16O6/c1-8(2)12(20)6-10-13(21)7-14-15(17(10)23)16(22)9-4-3-5-11(19)18(9)24-14/h3-5,7,12,19-21,23H,1,6H2,2H3. The third-order valence-corrected chi connectivity index (χ3v) is 3.99. The smallest absolute Gasteiger partial charge is 0.204 e. The van der Waals surface area contributed by atoms with Gasteiger partial charge in [-0.1, -0.05) is 18.2 Å². The van der Waals surface area contributed by atoms with Crippen molar-refractivity contribution in [2.75, 3.05) is 0 Å². The van der Waals surface area contributed by atoms with Crippen LogP contribution in [-0.2, 0) is 6.42 Å². The van der Waals surface area contributed by atoms with E-state index in [1.165, 1.54) is 24.3 Å². The lowest BCUT2D eigenvalue weighted by molar-refractivity contribution is 0.209. The van der Waals surface area contributed by atoms with Crippen LogP contribution in [0.3, 0.4) is 0 Å². The van der Waals surface area contributed by atoms with Gasteiger partial charge >= 0.3 is 0 Å². The summed E-state index contributed by atoms with van der Waals surface area (Å²) in [6, 6.07) is 5.51. The molecule has 6 nitrogen and oxygen atoms in total. The Morgan fingerprint density at radius 3 is 2.62 bits per heavy atom. The molecule has 0 radical (unpaired) electrons. The van der Waals surface area contributed by atoms with E-state index in [-0.39, 0.29) is 45.4 Å². The largest absolute Gasteiger partial charge is 0.507 e. The lowest BCUT2D eigenvalue weighted by atomic mass is 9.99. The van der Waals surface area contributed by atoms with Crippen LogP contribution in [0.1, 0.15) is 12.5 Å². The van der Waals surface area contributed by atoms with Crippen molar-refractivity contribution in [3.05, 3.63) is 52.2 Å². The number of para-hydroxylation sites is 1. The molecule has 124 valence electrons. The van der Waals surface area contributed by atoms with Gasteiger partial charge in [0.2, 0.25) is 5.43 Å². The van der Waals surface area contributed by atoms with E-state index in [4.69, 9.17) is 4.42 Å². The van der Waals surface area contributed by atoms with Gasteiger partial charge in [-0.05, 0) is 19.1 Å². The van der Waals surface area contributed by atoms with Crippen LogP contribution in [0.4, 0.5) is 0 Å². The fourth-order valence-corrected chi connectivity index (χ4v) is 2.60. The Kier molecular flexibility index (Phi) is 3.69. The summed E-state index contributed by atoms with van der Waals surface area (Å²) in [5.74, 6) is -0.991. The van der Waals surface area contributed by atoms with Gasteiger partial charge in [-0.15, -0.1) is 0 Å². The Hall–Kier alpha value is -2.99. The number of phenolic OH excluding ortho intramolecular Hbond substituents is 3. The molecule has 1 aromatic heterocycles. The van der Waals surface area contributed by atoms with E-state index in [1.807, 2.05) is 0 Å². The van der Waals surface area contributed by atoms with Crippen molar-refractivity contribution in [3.8, 4) is 17.2 Å². The SMILES string of the molecule is C=C(C)C(O)Cc1c(O)cc2oc3c(O)cccc3c(=O)c2c1O. The van der Waals surface area contributed by atoms with Crippen molar-refractivity contribution in [2.45, 2.75) is 19.4 Å². The van der Waals surface area contributed by atoms with Gasteiger partial charge in [-0.3, -0.25) is 4.79 Å². The molecule has 3 rings (SSSR count). The van der Waals surface area contributed by atoms with Gasteiger partial charge in [0.1, 0.15) is 22.5 Å². The van der Waals surface area contributed by atoms with E-state index in [9.17, 15) is 25.2 Å². The van der Waals surface area contributed by atoms with Gasteiger partial charge in [0, 0.05) is 18.1 Å². The molecule has 4 N–H and O–H groups in total. The van der Waals surface area contributed by atoms with Crippen LogP contribution in [0, 0.1) is 0 Å². The molecule has 0 aliphatic carbocycles. The van der Waals surface area contributed by atoms with Crippen molar-refractivity contribution in [3.63, 3.8) is 0 Å². The number of aliphatic hydroxyl groups excluding tert-OH is 1. The average Bonchev–Trinajstić information content (AvgIpc) is 2.52. The Morgan fingerprint density at radius 2 is 1.96 bits per heavy atom. The van der Waals surface area contributed by atoms with Crippen molar-refractivity contribution >= 4 is 21.9 Å². The lowest BCUT2D eigenvalue weighted by Gasteiger charge is -2.14. The molecule has 0 aliphatic heterocycles. The number of hydrogen-bond donors (Lipinski definition) is 4. The van der Waals surface area contributed by atoms with Crippen LogP contribution >= 0.6 is 0 Å². The summed E-state index contributed by atoms with van der Waals surface area (Å²) in [4.78, 5) is 12.7. The number of hydrogen-bond acceptors (Lipinski definition) is 6. The molecule has 1 heterocycles. The van der Waals surface area contributed by atoms with Crippen LogP contribution in [0.15, 0.2) is 45.6 Å². The zero-order chi connectivity index (χ0) is 17.6. The number of aliphatic hydroxyl groups is 1. The molecule has 2 aromatic carbocycles. The van der Waals surface area contributed by atoms with Crippen LogP contribution in [0.25, 0.3) is 21.9 Å². The second-order valence-corrected chi connectivity index (χ2v) is 5.75. The molecule has 0 saturated heterocycles. The first-order valence-corrected chi connectivity index (χ1v) is 7.27. The Bertz CT molecular complexity index is 1030. The van der Waals surface area contributed by atoms with Crippen molar-refractivity contribution < 1.29 is 24.8 Å². The summed E-state index contributed by atoms with van der Waals surface area (Å²) in [6.07, 6.45) is -1.07. The van der Waals surface area contributed by atoms with Gasteiger partial charge in [0.05, 0.1) is 11.5 Å². The topological polar surface area (TPSA) is 111 Å². The molecule has 0 aliphatic rings. The van der Waals surface area contributed by atoms with E-state index in [2.05, 4.69) is 6.58 Å². The Balaban J connectivity index is 2.36. The highest BCUT2D eigenvalue weighted by Gasteiger charge is 2.21. The number of aromatic hydroxyl groups is 3. The van der Waals surface area contributed by atoms with Crippen molar-refractivity contribution in [1.29, 1.82) is 0 Å². The van der Waals surface area contributed by atoms with E-state index in [0.717, 1.165) is 0 Å². The third-order valence-electron chi connectivity index (χ3n) is 3.99. The maximum Gasteiger partial charge on any atom is 0.204 e. The minimum absolute atomic E-state index is 0.0245. The highest BCUT2D eigenvalue weighted by atomic mass is 16.4. The van der Waals surface area contributed by atoms with Crippen LogP contribution in [0.5, 0.6) is 17.2 Å². The van der Waals surface area contributed by atoms with E-state index >= 15 is 0 Å². The maximum absolute atomic E-state index is 12.7. The average molecular weight is 328 g/mol. The quantitative estimate of drug-likeness (QED) is 0.434. The summed E-state index contributed by atoms with van der Waals surface area (Å²) >= 11 is 0. The molecule has 0 bridgehead atoms. The molecular formula is C18H16O6. The fraction of sp³-hybridized carbons (Fsp3) is 0.167. The summed E-state index contributed by atoms with van der Waals surface area (Å²) in [6.45, 7) is 5.24. The predicted molar refractivity (Wildman–Crippen MR) is 89.5 cm³/mol. The van der Waals surface area contributed by atoms with Crippen molar-refractivity contribution in [1.82, 2.24) is 0 Å². The summed E-state index contributed by atoms with van der Waals surface area (Å²) in [7, 11) is 0. The number of phenols is 3. The minimum Gasteiger partial charge on any atom is -0.507 e. The van der Waals surface area contributed by atoms with Crippen LogP contribution in [0.2, 0.25) is 0 Å². The van der Waals surface area contributed by atoms with Gasteiger partial charge in [0.15, 0.2) is 11.3 Å². The third kappa shape index (κ3) is 2.37. The molecule has 0 fully saturated rings. The number of rotatable bonds is 3. The summed E-state index contributed by atoms with van der Waals surface area (Å²) in [5, 5.41) is 40.3. The van der Waals surface area contributed by atoms with Gasteiger partial charge < -0.3 is 24.8 Å². The van der Waals surface area contributed by atoms with Gasteiger partial charge in [0.25, 0.3) is 0 Å². The molecule has 3 aromatic rings. The normalized spacial score (nSPS) is 12.6. The second-order valence-electron chi connectivity index (χ2n) is 5.75. The van der Waals surface area contributed by atoms with Crippen LogP contribution in [-0.4, -0.2) is 26.5 Å². The maximum atomic E-state index is 12.7. The number of fused-ring (bicyclic) bond motifs is 2. The first kappa shape index (κ1) is 15.9. The highest BCUT2D eigenvalue weighted by Crippen LogP contribution is 2.37. The molecule has 0 amide bonds. The van der Waals surface area contributed by atoms with Crippen molar-refractivity contribution in [2.24, 2.45) is 0 Å². The second kappa shape index (κ2) is 5.58. The lowest BCUT2D eigenvalue weighted by Crippen LogP contribution is -2.12. The van der Waals surface area contributed by atoms with E-state index in [0.29, 0.717) is 5.57 Å². The van der Waals surface area contributed by atoms with Crippen LogP contribution < -0.4 is 5.43 Å². The molecular weight excluding hydrogens is 312 g/mol. The fourth-order valence-electron chi connectivity index (χ4n) is 2.60.